The predicted octanol–water partition coefficient (Wildman–Crippen LogP) is 0.819. The van der Waals surface area contributed by atoms with E-state index in [0.29, 0.717) is 12.2 Å². The molecule has 0 aromatic carbocycles. The van der Waals surface area contributed by atoms with E-state index in [4.69, 9.17) is 0 Å². The number of hydrogen-bond donors (Lipinski definition) is 1. The lowest BCUT2D eigenvalue weighted by Gasteiger charge is -2.08. The van der Waals surface area contributed by atoms with Gasteiger partial charge in [-0.25, -0.2) is 0 Å². The summed E-state index contributed by atoms with van der Waals surface area (Å²) in [4.78, 5) is 34.9. The number of nitrogens with zero attached hydrogens (tertiary/aromatic N) is 2. The number of carbonyl (C=O) groups is 1. The molecule has 2 aromatic rings. The molecule has 0 bridgehead atoms. The van der Waals surface area contributed by atoms with E-state index in [9.17, 15) is 14.4 Å². The molecule has 6 heteroatoms. The number of pyridine rings is 2. The molecule has 20 heavy (non-hydrogen) atoms. The minimum Gasteiger partial charge on any atom is -0.321 e. The number of carbonyl (C=O) groups excluding carboxylic acids is 1. The molecule has 0 aliphatic rings. The summed E-state index contributed by atoms with van der Waals surface area (Å²) >= 11 is 0. The van der Waals surface area contributed by atoms with Gasteiger partial charge in [0.25, 0.3) is 17.0 Å². The lowest BCUT2D eigenvalue weighted by molar-refractivity contribution is 0.102. The SMILES string of the molecule is CCn1cc(NC(=O)c2ccn(C)c(=O)c2)ccc1=O. The van der Waals surface area contributed by atoms with Crippen LogP contribution in [0.4, 0.5) is 5.69 Å². The summed E-state index contributed by atoms with van der Waals surface area (Å²) in [7, 11) is 1.61. The van der Waals surface area contributed by atoms with E-state index in [0.717, 1.165) is 0 Å². The first-order chi connectivity index (χ1) is 9.51. The quantitative estimate of drug-likeness (QED) is 0.899. The second-order valence-corrected chi connectivity index (χ2v) is 4.36. The lowest BCUT2D eigenvalue weighted by atomic mass is 10.2. The first-order valence-electron chi connectivity index (χ1n) is 6.20. The van der Waals surface area contributed by atoms with Crippen LogP contribution < -0.4 is 16.4 Å². The Kier molecular flexibility index (Phi) is 3.84. The Labute approximate surface area is 115 Å². The summed E-state index contributed by atoms with van der Waals surface area (Å²) in [6.45, 7) is 2.36. The molecule has 0 fully saturated rings. The maximum absolute atomic E-state index is 12.0. The third-order valence-corrected chi connectivity index (χ3v) is 2.95. The van der Waals surface area contributed by atoms with Gasteiger partial charge in [0, 0.05) is 43.7 Å². The monoisotopic (exact) mass is 273 g/mol. The number of aryl methyl sites for hydroxylation is 2. The third-order valence-electron chi connectivity index (χ3n) is 2.95. The third kappa shape index (κ3) is 2.85. The van der Waals surface area contributed by atoms with Gasteiger partial charge in [0.2, 0.25) is 0 Å². The fraction of sp³-hybridized carbons (Fsp3) is 0.214. The molecular formula is C14H15N3O3. The molecule has 0 spiro atoms. The molecule has 0 aliphatic carbocycles. The van der Waals surface area contributed by atoms with Crippen molar-refractivity contribution in [1.29, 1.82) is 0 Å². The van der Waals surface area contributed by atoms with Gasteiger partial charge in [0.15, 0.2) is 0 Å². The number of nitrogens with one attached hydrogen (secondary N) is 1. The fourth-order valence-corrected chi connectivity index (χ4v) is 1.75. The minimum absolute atomic E-state index is 0.126. The summed E-state index contributed by atoms with van der Waals surface area (Å²) in [5, 5.41) is 2.66. The Hall–Kier alpha value is -2.63. The predicted molar refractivity (Wildman–Crippen MR) is 76.0 cm³/mol. The maximum atomic E-state index is 12.0. The second kappa shape index (κ2) is 5.56. The summed E-state index contributed by atoms with van der Waals surface area (Å²) in [6, 6.07) is 5.76. The van der Waals surface area contributed by atoms with Crippen LogP contribution >= 0.6 is 0 Å². The van der Waals surface area contributed by atoms with E-state index in [-0.39, 0.29) is 22.6 Å². The van der Waals surface area contributed by atoms with E-state index in [1.807, 2.05) is 6.92 Å². The average Bonchev–Trinajstić information content (AvgIpc) is 2.43. The van der Waals surface area contributed by atoms with Gasteiger partial charge < -0.3 is 14.5 Å². The van der Waals surface area contributed by atoms with Crippen LogP contribution in [0.1, 0.15) is 17.3 Å². The maximum Gasteiger partial charge on any atom is 0.255 e. The fourth-order valence-electron chi connectivity index (χ4n) is 1.75. The van der Waals surface area contributed by atoms with Crippen LogP contribution in [0.5, 0.6) is 0 Å². The molecule has 1 N–H and O–H groups in total. The molecule has 1 amide bonds. The molecule has 6 nitrogen and oxygen atoms in total. The molecule has 0 aliphatic heterocycles. The lowest BCUT2D eigenvalue weighted by Crippen LogP contribution is -2.22. The van der Waals surface area contributed by atoms with Crippen LogP contribution in [-0.4, -0.2) is 15.0 Å². The first-order valence-corrected chi connectivity index (χ1v) is 6.20. The van der Waals surface area contributed by atoms with Gasteiger partial charge in [-0.2, -0.15) is 0 Å². The largest absolute Gasteiger partial charge is 0.321 e. The van der Waals surface area contributed by atoms with Crippen LogP contribution in [0.25, 0.3) is 0 Å². The molecule has 0 unspecified atom stereocenters. The van der Waals surface area contributed by atoms with E-state index in [1.54, 1.807) is 19.3 Å². The van der Waals surface area contributed by atoms with Gasteiger partial charge in [-0.1, -0.05) is 0 Å². The topological polar surface area (TPSA) is 73.1 Å². The Morgan fingerprint density at radius 3 is 2.60 bits per heavy atom. The van der Waals surface area contributed by atoms with Crippen LogP contribution in [0.3, 0.4) is 0 Å². The summed E-state index contributed by atoms with van der Waals surface area (Å²) in [5.74, 6) is -0.385. The highest BCUT2D eigenvalue weighted by Gasteiger charge is 2.08. The zero-order valence-electron chi connectivity index (χ0n) is 11.3. The molecular weight excluding hydrogens is 258 g/mol. The van der Waals surface area contributed by atoms with Crippen LogP contribution in [0, 0.1) is 0 Å². The Bertz CT molecular complexity index is 759. The van der Waals surface area contributed by atoms with E-state index < -0.39 is 0 Å². The molecule has 2 aromatic heterocycles. The molecule has 0 radical (unpaired) electrons. The zero-order valence-corrected chi connectivity index (χ0v) is 11.3. The van der Waals surface area contributed by atoms with Crippen molar-refractivity contribution in [2.75, 3.05) is 5.32 Å². The van der Waals surface area contributed by atoms with Crippen LogP contribution in [-0.2, 0) is 13.6 Å². The summed E-state index contributed by atoms with van der Waals surface area (Å²) in [5.41, 5.74) is 0.412. The summed E-state index contributed by atoms with van der Waals surface area (Å²) in [6.07, 6.45) is 3.10. The molecule has 104 valence electrons. The van der Waals surface area contributed by atoms with Crippen LogP contribution in [0.15, 0.2) is 46.2 Å². The van der Waals surface area contributed by atoms with Gasteiger partial charge in [-0.15, -0.1) is 0 Å². The smallest absolute Gasteiger partial charge is 0.255 e. The van der Waals surface area contributed by atoms with Crippen molar-refractivity contribution in [1.82, 2.24) is 9.13 Å². The van der Waals surface area contributed by atoms with Crippen molar-refractivity contribution in [2.24, 2.45) is 7.05 Å². The van der Waals surface area contributed by atoms with Crippen LogP contribution in [0.2, 0.25) is 0 Å². The van der Waals surface area contributed by atoms with Crippen molar-refractivity contribution in [3.05, 3.63) is 62.9 Å². The first kappa shape index (κ1) is 13.8. The Morgan fingerprint density at radius 2 is 1.95 bits per heavy atom. The Morgan fingerprint density at radius 1 is 1.20 bits per heavy atom. The van der Waals surface area contributed by atoms with Crippen molar-refractivity contribution >= 4 is 11.6 Å². The number of hydrogen-bond acceptors (Lipinski definition) is 3. The summed E-state index contributed by atoms with van der Waals surface area (Å²) < 4.78 is 2.87. The second-order valence-electron chi connectivity index (χ2n) is 4.36. The standard InChI is InChI=1S/C14H15N3O3/c1-3-17-9-11(4-5-12(17)18)15-14(20)10-6-7-16(2)13(19)8-10/h4-9H,3H2,1-2H3,(H,15,20). The number of anilines is 1. The minimum atomic E-state index is -0.385. The van der Waals surface area contributed by atoms with Gasteiger partial charge in [-0.3, -0.25) is 14.4 Å². The van der Waals surface area contributed by atoms with Crippen molar-refractivity contribution < 1.29 is 4.79 Å². The highest BCUT2D eigenvalue weighted by molar-refractivity contribution is 6.04. The van der Waals surface area contributed by atoms with E-state index >= 15 is 0 Å². The average molecular weight is 273 g/mol. The van der Waals surface area contributed by atoms with Gasteiger partial charge in [-0.05, 0) is 19.1 Å². The number of rotatable bonds is 3. The van der Waals surface area contributed by atoms with Crippen molar-refractivity contribution in [3.8, 4) is 0 Å². The van der Waals surface area contributed by atoms with Gasteiger partial charge in [0.1, 0.15) is 0 Å². The van der Waals surface area contributed by atoms with Gasteiger partial charge >= 0.3 is 0 Å². The van der Waals surface area contributed by atoms with E-state index in [1.165, 1.54) is 33.5 Å². The molecule has 0 atom stereocenters. The zero-order chi connectivity index (χ0) is 14.7. The van der Waals surface area contributed by atoms with Gasteiger partial charge in [0.05, 0.1) is 5.69 Å². The van der Waals surface area contributed by atoms with Crippen molar-refractivity contribution in [2.45, 2.75) is 13.5 Å². The number of amides is 1. The molecule has 0 saturated heterocycles. The highest BCUT2D eigenvalue weighted by Crippen LogP contribution is 2.06. The highest BCUT2D eigenvalue weighted by atomic mass is 16.2. The number of aromatic nitrogens is 2. The molecule has 2 rings (SSSR count). The molecule has 2 heterocycles. The normalized spacial score (nSPS) is 10.3. The molecule has 0 saturated carbocycles. The van der Waals surface area contributed by atoms with Crippen molar-refractivity contribution in [3.63, 3.8) is 0 Å². The van der Waals surface area contributed by atoms with E-state index in [2.05, 4.69) is 5.32 Å². The Balaban J connectivity index is 2.25.